The first-order valence-corrected chi connectivity index (χ1v) is 23.6. The van der Waals surface area contributed by atoms with E-state index in [0.717, 1.165) is 0 Å². The van der Waals surface area contributed by atoms with Gasteiger partial charge in [0.1, 0.15) is 53.8 Å². The Morgan fingerprint density at radius 3 is 1.88 bits per heavy atom. The van der Waals surface area contributed by atoms with Crippen molar-refractivity contribution in [1.82, 2.24) is 37.2 Å². The third-order valence-corrected chi connectivity index (χ3v) is 13.4. The Kier molecular flexibility index (Phi) is 22.2. The lowest BCUT2D eigenvalue weighted by Crippen LogP contribution is -2.60. The van der Waals surface area contributed by atoms with Crippen molar-refractivity contribution < 1.29 is 62.4 Å². The normalized spacial score (nSPS) is 22.4. The fraction of sp³-hybridized carbons (Fsp3) is 0.439. The van der Waals surface area contributed by atoms with E-state index in [9.17, 15) is 57.3 Å². The number of aliphatic carboxylic acids is 1. The van der Waals surface area contributed by atoms with Crippen molar-refractivity contribution in [3.05, 3.63) is 65.7 Å². The molecule has 1 aliphatic heterocycles. The van der Waals surface area contributed by atoms with E-state index in [-0.39, 0.29) is 43.9 Å². The zero-order valence-corrected chi connectivity index (χ0v) is 38.4. The maximum absolute atomic E-state index is 14.2. The van der Waals surface area contributed by atoms with Gasteiger partial charge in [0.2, 0.25) is 53.2 Å². The summed E-state index contributed by atoms with van der Waals surface area (Å²) >= 11 is 0. The number of aromatic hydroxyl groups is 1. The number of hydrogen-bond donors (Lipinski definition) is 13. The number of carboxylic acid groups (broad SMARTS) is 1. The number of phenolic OH excluding ortho intramolecular Hbond substituents is 1. The molecule has 8 atom stereocenters. The minimum atomic E-state index is -2.26. The predicted octanol–water partition coefficient (Wildman–Crippen LogP) is -4.72. The van der Waals surface area contributed by atoms with Crippen LogP contribution >= 0.6 is 10.8 Å². The van der Waals surface area contributed by atoms with Gasteiger partial charge < -0.3 is 70.4 Å². The Bertz CT molecular complexity index is 2210. The molecule has 1 unspecified atom stereocenters. The fourth-order valence-electron chi connectivity index (χ4n) is 6.32. The first kappa shape index (κ1) is 55.0. The number of phenols is 1. The Labute approximate surface area is 395 Å². The van der Waals surface area contributed by atoms with Crippen LogP contribution in [0.2, 0.25) is 0 Å². The summed E-state index contributed by atoms with van der Waals surface area (Å²) < 4.78 is 13.8. The summed E-state index contributed by atoms with van der Waals surface area (Å²) in [7, 11) is -1.77. The second-order valence-corrected chi connectivity index (χ2v) is 18.8. The van der Waals surface area contributed by atoms with Gasteiger partial charge in [-0.25, -0.2) is 4.21 Å². The highest BCUT2D eigenvalue weighted by Gasteiger charge is 2.36. The SMILES string of the molecule is C[C@H]1C(=O)N[C@@H](Cc2ccc(O)cc2)C(=O)N[C@@H](Cc2ccccc2)C(=O)N[C@@H](CCC(N)=O)C(=O)N[C@@H](CC(N)=O)C(=O)N[C@H](C(=O)N[C@H](CCCN=C(N)N)C(=O)NCC(=O)O)CSS1=O. The maximum atomic E-state index is 14.2. The molecule has 27 heteroatoms. The van der Waals surface area contributed by atoms with Crippen LogP contribution in [-0.2, 0) is 70.6 Å². The lowest BCUT2D eigenvalue weighted by molar-refractivity contribution is -0.138. The van der Waals surface area contributed by atoms with Gasteiger partial charge in [-0.15, -0.1) is 0 Å². The van der Waals surface area contributed by atoms with Crippen molar-refractivity contribution in [2.75, 3.05) is 18.8 Å². The highest BCUT2D eigenvalue weighted by atomic mass is 33.1. The molecule has 2 aromatic carbocycles. The number of benzene rings is 2. The number of primary amides is 2. The number of nitrogens with one attached hydrogen (secondary N) is 7. The summed E-state index contributed by atoms with van der Waals surface area (Å²) in [5.74, 6) is -11.6. The van der Waals surface area contributed by atoms with Crippen LogP contribution < -0.4 is 60.2 Å². The molecular formula is C41H56N12O13S2. The highest BCUT2D eigenvalue weighted by molar-refractivity contribution is 8.69. The van der Waals surface area contributed by atoms with E-state index in [2.05, 4.69) is 42.2 Å². The molecule has 3 rings (SSSR count). The van der Waals surface area contributed by atoms with E-state index >= 15 is 0 Å². The predicted molar refractivity (Wildman–Crippen MR) is 246 cm³/mol. The molecule has 9 amide bonds. The molecule has 0 saturated carbocycles. The summed E-state index contributed by atoms with van der Waals surface area (Å²) in [5.41, 5.74) is 22.6. The molecule has 1 aliphatic rings. The maximum Gasteiger partial charge on any atom is 0.322 e. The number of carbonyl (C=O) groups excluding carboxylic acids is 9. The number of rotatable bonds is 18. The van der Waals surface area contributed by atoms with Gasteiger partial charge in [-0.1, -0.05) is 53.3 Å². The highest BCUT2D eigenvalue weighted by Crippen LogP contribution is 2.18. The van der Waals surface area contributed by atoms with Gasteiger partial charge in [0.15, 0.2) is 5.96 Å². The van der Waals surface area contributed by atoms with Crippen LogP contribution in [0.5, 0.6) is 5.75 Å². The molecule has 25 nitrogen and oxygen atoms in total. The summed E-state index contributed by atoms with van der Waals surface area (Å²) in [5, 5.41) is 34.4. The van der Waals surface area contributed by atoms with Gasteiger partial charge in [-0.3, -0.25) is 52.9 Å². The number of aliphatic imine (C=N–C) groups is 1. The third-order valence-electron chi connectivity index (χ3n) is 9.91. The number of carbonyl (C=O) groups is 10. The van der Waals surface area contributed by atoms with Gasteiger partial charge in [-0.2, -0.15) is 0 Å². The van der Waals surface area contributed by atoms with Crippen LogP contribution in [0.25, 0.3) is 0 Å². The van der Waals surface area contributed by atoms with Crippen LogP contribution in [0.3, 0.4) is 0 Å². The Balaban J connectivity index is 2.14. The van der Waals surface area contributed by atoms with E-state index in [4.69, 9.17) is 28.0 Å². The van der Waals surface area contributed by atoms with E-state index in [0.29, 0.717) is 21.9 Å². The van der Waals surface area contributed by atoms with Crippen molar-refractivity contribution in [3.8, 4) is 5.75 Å². The Morgan fingerprint density at radius 1 is 0.765 bits per heavy atom. The zero-order valence-electron chi connectivity index (χ0n) is 36.8. The molecule has 0 radical (unpaired) electrons. The molecule has 17 N–H and O–H groups in total. The first-order valence-electron chi connectivity index (χ1n) is 20.9. The van der Waals surface area contributed by atoms with Gasteiger partial charge in [0.05, 0.1) is 16.3 Å². The van der Waals surface area contributed by atoms with E-state index in [1.807, 2.05) is 0 Å². The average Bonchev–Trinajstić information content (AvgIpc) is 3.28. The molecule has 0 aliphatic carbocycles. The third kappa shape index (κ3) is 19.3. The van der Waals surface area contributed by atoms with Gasteiger partial charge in [-0.05, 0) is 49.4 Å². The summed E-state index contributed by atoms with van der Waals surface area (Å²) in [6.07, 6.45) is -2.31. The minimum Gasteiger partial charge on any atom is -0.508 e. The number of guanidine groups is 1. The molecular weight excluding hydrogens is 933 g/mol. The monoisotopic (exact) mass is 988 g/mol. The van der Waals surface area contributed by atoms with E-state index in [1.165, 1.54) is 31.2 Å². The fourth-order valence-corrected chi connectivity index (χ4v) is 8.96. The molecule has 0 spiro atoms. The zero-order chi connectivity index (χ0) is 50.5. The van der Waals surface area contributed by atoms with Crippen LogP contribution in [-0.4, -0.2) is 140 Å². The largest absolute Gasteiger partial charge is 0.508 e. The van der Waals surface area contributed by atoms with Gasteiger partial charge >= 0.3 is 5.97 Å². The molecule has 1 saturated heterocycles. The standard InChI is InChI=1S/C41H56N12O13S2/c1-21-34(59)50-27(17-23-9-11-24(54)12-10-23)38(63)51-28(16-22-6-3-2-4-7-22)37(62)49-26(13-14-31(42)55)36(61)52-29(18-32(43)56)39(64)53-30(20-67-68(21)66)40(65)48-25(8-5-15-46-41(44)45)35(60)47-19-33(57)58/h2-4,6-7,9-12,21,25-30,54H,5,8,13-20H2,1H3,(H2,42,55)(H2,43,56)(H,47,60)(H,48,65)(H,49,62)(H,50,59)(H,51,63)(H,52,61)(H,53,64)(H,57,58)(H4,44,45,46)/t21-,25+,26-,27-,28-,29-,30-,68?/m0/s1. The molecule has 2 aromatic rings. The number of nitrogens with two attached hydrogens (primary N) is 4. The first-order chi connectivity index (χ1) is 32.1. The lowest BCUT2D eigenvalue weighted by atomic mass is 10.0. The number of carboxylic acids is 1. The van der Waals surface area contributed by atoms with Crippen molar-refractivity contribution in [2.45, 2.75) is 93.4 Å². The number of nitrogens with zero attached hydrogens (tertiary/aromatic N) is 1. The van der Waals surface area contributed by atoms with Crippen molar-refractivity contribution in [2.24, 2.45) is 27.9 Å². The molecule has 68 heavy (non-hydrogen) atoms. The number of hydrogen-bond acceptors (Lipinski definition) is 14. The van der Waals surface area contributed by atoms with Gasteiger partial charge in [0, 0.05) is 31.6 Å². The van der Waals surface area contributed by atoms with Crippen LogP contribution in [0.4, 0.5) is 0 Å². The molecule has 1 fully saturated rings. The van der Waals surface area contributed by atoms with Crippen molar-refractivity contribution in [3.63, 3.8) is 0 Å². The van der Waals surface area contributed by atoms with Crippen LogP contribution in [0.15, 0.2) is 59.6 Å². The van der Waals surface area contributed by atoms with Gasteiger partial charge in [0.25, 0.3) is 0 Å². The van der Waals surface area contributed by atoms with Crippen molar-refractivity contribution >= 4 is 85.7 Å². The molecule has 0 aromatic heterocycles. The summed E-state index contributed by atoms with van der Waals surface area (Å²) in [6, 6.07) is 4.28. The lowest BCUT2D eigenvalue weighted by Gasteiger charge is -2.27. The quantitative estimate of drug-likeness (QED) is 0.0289. The number of amides is 9. The van der Waals surface area contributed by atoms with Crippen LogP contribution in [0.1, 0.15) is 50.2 Å². The summed E-state index contributed by atoms with van der Waals surface area (Å²) in [4.78, 5) is 137. The smallest absolute Gasteiger partial charge is 0.322 e. The molecule has 370 valence electrons. The second-order valence-electron chi connectivity index (χ2n) is 15.4. The van der Waals surface area contributed by atoms with Crippen LogP contribution in [0, 0.1) is 0 Å². The minimum absolute atomic E-state index is 0.0175. The van der Waals surface area contributed by atoms with Crippen molar-refractivity contribution in [1.29, 1.82) is 0 Å². The Morgan fingerprint density at radius 2 is 1.31 bits per heavy atom. The molecule has 1 heterocycles. The van der Waals surface area contributed by atoms with E-state index < -0.39 is 142 Å². The topological polar surface area (TPSA) is 429 Å². The summed E-state index contributed by atoms with van der Waals surface area (Å²) in [6.45, 7) is 0.394. The Hall–Kier alpha value is -7.29. The van der Waals surface area contributed by atoms with E-state index in [1.54, 1.807) is 30.3 Å². The average molecular weight is 989 g/mol. The molecule has 0 bridgehead atoms. The second kappa shape index (κ2) is 27.4.